The Bertz CT molecular complexity index is 1010. The lowest BCUT2D eigenvalue weighted by molar-refractivity contribution is -0.138. The summed E-state index contributed by atoms with van der Waals surface area (Å²) < 4.78 is 43.0. The van der Waals surface area contributed by atoms with Crippen LogP contribution in [0.2, 0.25) is 0 Å². The van der Waals surface area contributed by atoms with Crippen LogP contribution in [-0.2, 0) is 6.18 Å². The summed E-state index contributed by atoms with van der Waals surface area (Å²) in [5.74, 6) is -0.0333. The van der Waals surface area contributed by atoms with E-state index in [9.17, 15) is 18.4 Å². The second kappa shape index (κ2) is 6.45. The van der Waals surface area contributed by atoms with Crippen molar-refractivity contribution in [3.63, 3.8) is 0 Å². The van der Waals surface area contributed by atoms with Gasteiger partial charge in [0.1, 0.15) is 23.2 Å². The second-order valence-electron chi connectivity index (χ2n) is 4.80. The molecule has 1 aromatic carbocycles. The van der Waals surface area contributed by atoms with Gasteiger partial charge in [-0.3, -0.25) is 0 Å². The molecule has 0 unspecified atom stereocenters. The minimum Gasteiger partial charge on any atom is -0.430 e. The number of alkyl halides is 3. The summed E-state index contributed by atoms with van der Waals surface area (Å²) in [7, 11) is 0. The minimum absolute atomic E-state index is 0.0200. The van der Waals surface area contributed by atoms with Crippen molar-refractivity contribution >= 4 is 23.1 Å². The topological polar surface area (TPSA) is 137 Å². The van der Waals surface area contributed by atoms with E-state index in [-0.39, 0.29) is 45.3 Å². The number of nitriles is 1. The molecule has 0 saturated carbocycles. The smallest absolute Gasteiger partial charge is 0.430 e. The van der Waals surface area contributed by atoms with E-state index in [2.05, 4.69) is 20.2 Å². The predicted molar refractivity (Wildman–Crippen MR) is 86.0 cm³/mol. The Hall–Kier alpha value is -3.46. The zero-order valence-electron chi connectivity index (χ0n) is 12.7. The fourth-order valence-corrected chi connectivity index (χ4v) is 2.57. The first kappa shape index (κ1) is 17.4. The Morgan fingerprint density at radius 1 is 1.15 bits per heavy atom. The highest BCUT2D eigenvalue weighted by molar-refractivity contribution is 7.13. The van der Waals surface area contributed by atoms with Crippen LogP contribution >= 0.6 is 11.3 Å². The van der Waals surface area contributed by atoms with E-state index in [1.807, 2.05) is 6.07 Å². The molecule has 0 aliphatic rings. The maximum Gasteiger partial charge on any atom is 0.445 e. The van der Waals surface area contributed by atoms with Gasteiger partial charge < -0.3 is 16.2 Å². The number of nitrogen functional groups attached to an aromatic ring is 2. The van der Waals surface area contributed by atoms with Gasteiger partial charge in [-0.15, -0.1) is 5.10 Å². The SMILES string of the molecule is N#Cc1c(N)nc(N)nc1-c1cccc(Oc2nnc(C(F)(F)F)s2)c1. The van der Waals surface area contributed by atoms with E-state index in [0.717, 1.165) is 0 Å². The first-order valence-electron chi connectivity index (χ1n) is 6.80. The zero-order valence-corrected chi connectivity index (χ0v) is 13.5. The van der Waals surface area contributed by atoms with E-state index in [1.165, 1.54) is 12.1 Å². The van der Waals surface area contributed by atoms with Crippen LogP contribution in [0.15, 0.2) is 24.3 Å². The van der Waals surface area contributed by atoms with Gasteiger partial charge in [0.15, 0.2) is 0 Å². The van der Waals surface area contributed by atoms with E-state index in [1.54, 1.807) is 12.1 Å². The third-order valence-electron chi connectivity index (χ3n) is 3.03. The fraction of sp³-hybridized carbons (Fsp3) is 0.0714. The summed E-state index contributed by atoms with van der Waals surface area (Å²) in [6.07, 6.45) is -4.60. The number of halogens is 3. The molecule has 2 heterocycles. The molecule has 0 aliphatic heterocycles. The van der Waals surface area contributed by atoms with Gasteiger partial charge in [0.05, 0.1) is 5.69 Å². The Morgan fingerprint density at radius 3 is 2.58 bits per heavy atom. The molecule has 4 N–H and O–H groups in total. The van der Waals surface area contributed by atoms with E-state index < -0.39 is 11.2 Å². The zero-order chi connectivity index (χ0) is 18.9. The van der Waals surface area contributed by atoms with Crippen molar-refractivity contribution in [2.24, 2.45) is 0 Å². The average molecular weight is 379 g/mol. The number of ether oxygens (including phenoxy) is 1. The standard InChI is InChI=1S/C14H8F3N7OS/c15-14(16,17)11-23-24-13(26-11)25-7-3-1-2-6(4-7)9-8(5-18)10(19)22-12(20)21-9/h1-4H,(H4,19,20,21,22). The van der Waals surface area contributed by atoms with E-state index >= 15 is 0 Å². The molecule has 0 bridgehead atoms. The van der Waals surface area contributed by atoms with Gasteiger partial charge in [0.25, 0.3) is 5.19 Å². The van der Waals surface area contributed by atoms with Gasteiger partial charge in [-0.2, -0.15) is 23.4 Å². The van der Waals surface area contributed by atoms with Crippen molar-refractivity contribution in [3.8, 4) is 28.3 Å². The van der Waals surface area contributed by atoms with Gasteiger partial charge in [0, 0.05) is 5.56 Å². The maximum atomic E-state index is 12.6. The summed E-state index contributed by atoms with van der Waals surface area (Å²) in [5, 5.41) is 14.2. The normalized spacial score (nSPS) is 11.2. The second-order valence-corrected chi connectivity index (χ2v) is 5.74. The third-order valence-corrected chi connectivity index (χ3v) is 3.87. The molecule has 0 aliphatic carbocycles. The lowest BCUT2D eigenvalue weighted by Gasteiger charge is -2.08. The van der Waals surface area contributed by atoms with Crippen molar-refractivity contribution in [1.29, 1.82) is 5.26 Å². The molecule has 0 amide bonds. The third kappa shape index (κ3) is 3.47. The molecule has 0 spiro atoms. The Labute approximate surface area is 147 Å². The summed E-state index contributed by atoms with van der Waals surface area (Å²) in [6.45, 7) is 0. The van der Waals surface area contributed by atoms with Gasteiger partial charge in [-0.1, -0.05) is 28.6 Å². The molecule has 12 heteroatoms. The quantitative estimate of drug-likeness (QED) is 0.709. The van der Waals surface area contributed by atoms with Crippen LogP contribution in [0.4, 0.5) is 24.9 Å². The lowest BCUT2D eigenvalue weighted by atomic mass is 10.1. The molecule has 8 nitrogen and oxygen atoms in total. The number of nitrogens with two attached hydrogens (primary N) is 2. The average Bonchev–Trinajstić information content (AvgIpc) is 3.03. The van der Waals surface area contributed by atoms with E-state index in [0.29, 0.717) is 5.56 Å². The largest absolute Gasteiger partial charge is 0.445 e. The van der Waals surface area contributed by atoms with Gasteiger partial charge in [-0.05, 0) is 12.1 Å². The van der Waals surface area contributed by atoms with Crippen LogP contribution in [0, 0.1) is 11.3 Å². The highest BCUT2D eigenvalue weighted by Gasteiger charge is 2.36. The van der Waals surface area contributed by atoms with Crippen LogP contribution in [0.1, 0.15) is 10.6 Å². The highest BCUT2D eigenvalue weighted by atomic mass is 32.1. The number of aromatic nitrogens is 4. The Balaban J connectivity index is 1.95. The molecular weight excluding hydrogens is 371 g/mol. The number of benzene rings is 1. The summed E-state index contributed by atoms with van der Waals surface area (Å²) in [5.41, 5.74) is 11.8. The van der Waals surface area contributed by atoms with Crippen LogP contribution in [0.5, 0.6) is 10.9 Å². The van der Waals surface area contributed by atoms with Crippen molar-refractivity contribution in [2.75, 3.05) is 11.5 Å². The number of nitrogens with zero attached hydrogens (tertiary/aromatic N) is 5. The first-order chi connectivity index (χ1) is 12.3. The highest BCUT2D eigenvalue weighted by Crippen LogP contribution is 2.36. The van der Waals surface area contributed by atoms with Crippen molar-refractivity contribution in [2.45, 2.75) is 6.18 Å². The maximum absolute atomic E-state index is 12.6. The number of hydrogen-bond acceptors (Lipinski definition) is 9. The van der Waals surface area contributed by atoms with Gasteiger partial charge in [-0.25, -0.2) is 4.98 Å². The number of rotatable bonds is 3. The molecule has 3 rings (SSSR count). The van der Waals surface area contributed by atoms with Crippen LogP contribution in [-0.4, -0.2) is 20.2 Å². The molecule has 0 atom stereocenters. The minimum atomic E-state index is -4.60. The van der Waals surface area contributed by atoms with Crippen molar-refractivity contribution < 1.29 is 17.9 Å². The van der Waals surface area contributed by atoms with Crippen LogP contribution in [0.25, 0.3) is 11.3 Å². The van der Waals surface area contributed by atoms with Crippen molar-refractivity contribution in [1.82, 2.24) is 20.2 Å². The van der Waals surface area contributed by atoms with Crippen LogP contribution in [0.3, 0.4) is 0 Å². The number of anilines is 2. The molecule has 3 aromatic rings. The summed E-state index contributed by atoms with van der Waals surface area (Å²) >= 11 is 0.261. The van der Waals surface area contributed by atoms with E-state index in [4.69, 9.17) is 16.2 Å². The molecule has 0 fully saturated rings. The summed E-state index contributed by atoms with van der Waals surface area (Å²) in [6, 6.07) is 8.01. The first-order valence-corrected chi connectivity index (χ1v) is 7.61. The Morgan fingerprint density at radius 2 is 1.92 bits per heavy atom. The monoisotopic (exact) mass is 379 g/mol. The van der Waals surface area contributed by atoms with Gasteiger partial charge >= 0.3 is 6.18 Å². The molecular formula is C14H8F3N7OS. The Kier molecular flexibility index (Phi) is 4.31. The predicted octanol–water partition coefficient (Wildman–Crippen LogP) is 2.84. The fourth-order valence-electron chi connectivity index (χ4n) is 1.99. The molecule has 2 aromatic heterocycles. The molecule has 0 saturated heterocycles. The molecule has 26 heavy (non-hydrogen) atoms. The van der Waals surface area contributed by atoms with Crippen LogP contribution < -0.4 is 16.2 Å². The molecule has 0 radical (unpaired) electrons. The van der Waals surface area contributed by atoms with Crippen molar-refractivity contribution in [3.05, 3.63) is 34.8 Å². The number of hydrogen-bond donors (Lipinski definition) is 2. The van der Waals surface area contributed by atoms with Gasteiger partial charge in [0.2, 0.25) is 11.0 Å². The lowest BCUT2D eigenvalue weighted by Crippen LogP contribution is -2.05. The molecule has 132 valence electrons. The summed E-state index contributed by atoms with van der Waals surface area (Å²) in [4.78, 5) is 7.71.